The molecule has 0 spiro atoms. The molecule has 30 heavy (non-hydrogen) atoms. The van der Waals surface area contributed by atoms with Crippen LogP contribution >= 0.6 is 0 Å². The molecule has 6 heteroatoms. The maximum atomic E-state index is 13.6. The fourth-order valence-corrected chi connectivity index (χ4v) is 5.95. The van der Waals surface area contributed by atoms with Crippen LogP contribution in [0.4, 0.5) is 0 Å². The van der Waals surface area contributed by atoms with E-state index in [1.807, 2.05) is 39.9 Å². The van der Waals surface area contributed by atoms with Crippen molar-refractivity contribution in [3.05, 3.63) is 59.9 Å². The molecule has 156 valence electrons. The number of fused-ring (bicyclic) bond motifs is 2. The van der Waals surface area contributed by atoms with E-state index in [0.717, 1.165) is 36.1 Å². The van der Waals surface area contributed by atoms with Gasteiger partial charge in [-0.1, -0.05) is 44.2 Å². The van der Waals surface area contributed by atoms with Crippen molar-refractivity contribution in [3.8, 4) is 0 Å². The first-order valence-corrected chi connectivity index (χ1v) is 10.6. The molecule has 0 radical (unpaired) electrons. The van der Waals surface area contributed by atoms with E-state index in [-0.39, 0.29) is 16.7 Å². The summed E-state index contributed by atoms with van der Waals surface area (Å²) in [6.07, 6.45) is 2.85. The van der Waals surface area contributed by atoms with Crippen molar-refractivity contribution in [1.82, 2.24) is 19.7 Å². The Kier molecular flexibility index (Phi) is 4.43. The van der Waals surface area contributed by atoms with Crippen LogP contribution in [0.3, 0.4) is 0 Å². The normalized spacial score (nSPS) is 24.6. The number of carbonyl (C=O) groups excluding carboxylic acids is 1. The average molecular weight is 405 g/mol. The van der Waals surface area contributed by atoms with Crippen LogP contribution in [-0.4, -0.2) is 52.4 Å². The van der Waals surface area contributed by atoms with Crippen LogP contribution in [0.25, 0.3) is 11.0 Å². The van der Waals surface area contributed by atoms with Gasteiger partial charge in [-0.15, -0.1) is 0 Å². The number of carbonyl (C=O) groups is 1. The second kappa shape index (κ2) is 6.91. The smallest absolute Gasteiger partial charge is 0.275 e. The van der Waals surface area contributed by atoms with Gasteiger partial charge >= 0.3 is 0 Å². The molecule has 3 heterocycles. The van der Waals surface area contributed by atoms with Crippen LogP contribution in [0, 0.1) is 16.7 Å². The molecule has 5 rings (SSSR count). The third-order valence-corrected chi connectivity index (χ3v) is 7.00. The third-order valence-electron chi connectivity index (χ3n) is 7.00. The molecule has 1 amide bonds. The van der Waals surface area contributed by atoms with Gasteiger partial charge < -0.3 is 9.64 Å². The van der Waals surface area contributed by atoms with Gasteiger partial charge in [-0.05, 0) is 35.4 Å². The predicted molar refractivity (Wildman–Crippen MR) is 115 cm³/mol. The minimum absolute atomic E-state index is 0.000453. The quantitative estimate of drug-likeness (QED) is 0.652. The van der Waals surface area contributed by atoms with Crippen molar-refractivity contribution in [2.24, 2.45) is 16.7 Å². The van der Waals surface area contributed by atoms with Crippen molar-refractivity contribution in [3.63, 3.8) is 0 Å². The Labute approximate surface area is 176 Å². The number of likely N-dealkylation sites (tertiary alicyclic amines) is 1. The van der Waals surface area contributed by atoms with Gasteiger partial charge in [0.25, 0.3) is 5.91 Å². The minimum atomic E-state index is 0.000453. The monoisotopic (exact) mass is 404 g/mol. The SMILES string of the molecule is COC[C@@]12CN(C(=O)c3nn(Cc4ccccc4)c4ncccc34)C[C@@H]1C(C)(C)C2. The summed E-state index contributed by atoms with van der Waals surface area (Å²) in [4.78, 5) is 20.1. The lowest BCUT2D eigenvalue weighted by molar-refractivity contribution is -0.107. The number of aromatic nitrogens is 3. The third kappa shape index (κ3) is 2.93. The van der Waals surface area contributed by atoms with E-state index in [1.54, 1.807) is 13.3 Å². The van der Waals surface area contributed by atoms with Gasteiger partial charge in [-0.25, -0.2) is 9.67 Å². The second-order valence-corrected chi connectivity index (χ2v) is 9.57. The molecule has 2 aromatic heterocycles. The van der Waals surface area contributed by atoms with E-state index in [9.17, 15) is 4.79 Å². The summed E-state index contributed by atoms with van der Waals surface area (Å²) in [5.41, 5.74) is 2.70. The Balaban J connectivity index is 1.47. The highest BCUT2D eigenvalue weighted by Gasteiger charge is 2.63. The maximum absolute atomic E-state index is 13.6. The largest absolute Gasteiger partial charge is 0.384 e. The second-order valence-electron chi connectivity index (χ2n) is 9.57. The zero-order chi connectivity index (χ0) is 20.9. The van der Waals surface area contributed by atoms with Crippen molar-refractivity contribution >= 4 is 16.9 Å². The van der Waals surface area contributed by atoms with Gasteiger partial charge in [0, 0.05) is 31.8 Å². The lowest BCUT2D eigenvalue weighted by atomic mass is 9.48. The molecule has 0 N–H and O–H groups in total. The summed E-state index contributed by atoms with van der Waals surface area (Å²) in [5, 5.41) is 5.55. The topological polar surface area (TPSA) is 60.2 Å². The van der Waals surface area contributed by atoms with Gasteiger partial charge in [-0.2, -0.15) is 5.10 Å². The highest BCUT2D eigenvalue weighted by atomic mass is 16.5. The number of methoxy groups -OCH3 is 1. The first kappa shape index (κ1) is 19.2. The van der Waals surface area contributed by atoms with Gasteiger partial charge in [0.2, 0.25) is 0 Å². The lowest BCUT2D eigenvalue weighted by Crippen LogP contribution is -2.55. The summed E-state index contributed by atoms with van der Waals surface area (Å²) in [5.74, 6) is 0.463. The number of ether oxygens (including phenoxy) is 1. The molecule has 1 aliphatic heterocycles. The Morgan fingerprint density at radius 1 is 1.20 bits per heavy atom. The first-order valence-electron chi connectivity index (χ1n) is 10.6. The van der Waals surface area contributed by atoms with E-state index in [1.165, 1.54) is 0 Å². The van der Waals surface area contributed by atoms with Crippen LogP contribution in [-0.2, 0) is 11.3 Å². The number of hydrogen-bond donors (Lipinski definition) is 0. The molecule has 1 saturated carbocycles. The molecule has 0 bridgehead atoms. The fraction of sp³-hybridized carbons (Fsp3) is 0.458. The lowest BCUT2D eigenvalue weighted by Gasteiger charge is -2.56. The highest BCUT2D eigenvalue weighted by molar-refractivity contribution is 6.04. The Bertz CT molecular complexity index is 1090. The number of hydrogen-bond acceptors (Lipinski definition) is 4. The van der Waals surface area contributed by atoms with E-state index >= 15 is 0 Å². The van der Waals surface area contributed by atoms with Crippen LogP contribution in [0.15, 0.2) is 48.7 Å². The maximum Gasteiger partial charge on any atom is 0.275 e. The number of nitrogens with zero attached hydrogens (tertiary/aromatic N) is 4. The van der Waals surface area contributed by atoms with Crippen molar-refractivity contribution < 1.29 is 9.53 Å². The first-order chi connectivity index (χ1) is 14.4. The molecule has 2 atom stereocenters. The minimum Gasteiger partial charge on any atom is -0.384 e. The molecule has 2 fully saturated rings. The van der Waals surface area contributed by atoms with Crippen molar-refractivity contribution in [2.45, 2.75) is 26.8 Å². The van der Waals surface area contributed by atoms with Gasteiger partial charge in [0.05, 0.1) is 18.5 Å². The van der Waals surface area contributed by atoms with Gasteiger partial charge in [0.15, 0.2) is 11.3 Å². The van der Waals surface area contributed by atoms with Crippen LogP contribution in [0.5, 0.6) is 0 Å². The molecule has 0 unspecified atom stereocenters. The predicted octanol–water partition coefficient (Wildman–Crippen LogP) is 3.61. The average Bonchev–Trinajstić information content (AvgIpc) is 3.25. The molecular formula is C24H28N4O2. The van der Waals surface area contributed by atoms with Crippen LogP contribution in [0.2, 0.25) is 0 Å². The zero-order valence-corrected chi connectivity index (χ0v) is 17.8. The number of pyridine rings is 1. The van der Waals surface area contributed by atoms with Gasteiger partial charge in [0.1, 0.15) is 0 Å². The van der Waals surface area contributed by atoms with Crippen molar-refractivity contribution in [2.75, 3.05) is 26.8 Å². The Morgan fingerprint density at radius 2 is 2.00 bits per heavy atom. The number of amides is 1. The van der Waals surface area contributed by atoms with Crippen LogP contribution in [0.1, 0.15) is 36.3 Å². The number of benzene rings is 1. The molecule has 3 aromatic rings. The van der Waals surface area contributed by atoms with E-state index < -0.39 is 0 Å². The Morgan fingerprint density at radius 3 is 2.73 bits per heavy atom. The van der Waals surface area contributed by atoms with E-state index in [2.05, 4.69) is 31.0 Å². The fourth-order valence-electron chi connectivity index (χ4n) is 5.95. The summed E-state index contributed by atoms with van der Waals surface area (Å²) >= 11 is 0. The van der Waals surface area contributed by atoms with Gasteiger partial charge in [-0.3, -0.25) is 4.79 Å². The zero-order valence-electron chi connectivity index (χ0n) is 17.8. The summed E-state index contributed by atoms with van der Waals surface area (Å²) in [6.45, 7) is 7.39. The summed E-state index contributed by atoms with van der Waals surface area (Å²) < 4.78 is 7.40. The summed E-state index contributed by atoms with van der Waals surface area (Å²) in [6, 6.07) is 14.0. The molecule has 1 saturated heterocycles. The van der Waals surface area contributed by atoms with Crippen LogP contribution < -0.4 is 0 Å². The van der Waals surface area contributed by atoms with E-state index in [0.29, 0.717) is 24.8 Å². The molecule has 2 aliphatic rings. The molecular weight excluding hydrogens is 376 g/mol. The molecule has 1 aromatic carbocycles. The molecule has 1 aliphatic carbocycles. The van der Waals surface area contributed by atoms with E-state index in [4.69, 9.17) is 9.84 Å². The standard InChI is InChI=1S/C24H28N4O2/c1-23(2)14-24(16-30-3)15-27(13-19(23)24)22(29)20-18-10-7-11-25-21(18)28(26-20)12-17-8-5-4-6-9-17/h4-11,19H,12-16H2,1-3H3/t19-,24-/m1/s1. The van der Waals surface area contributed by atoms with Crippen molar-refractivity contribution in [1.29, 1.82) is 0 Å². The Hall–Kier alpha value is -2.73. The molecule has 6 nitrogen and oxygen atoms in total. The highest BCUT2D eigenvalue weighted by Crippen LogP contribution is 2.62. The summed E-state index contributed by atoms with van der Waals surface area (Å²) in [7, 11) is 1.76. The number of rotatable bonds is 5.